The van der Waals surface area contributed by atoms with Crippen LogP contribution >= 0.6 is 0 Å². The number of nitrogens with one attached hydrogen (secondary N) is 2. The molecule has 2 N–H and O–H groups in total. The number of alkyl halides is 3. The van der Waals surface area contributed by atoms with Crippen molar-refractivity contribution in [3.63, 3.8) is 0 Å². The second-order valence-electron chi connectivity index (χ2n) is 6.51. The maximum atomic E-state index is 13.2. The normalized spacial score (nSPS) is 15.3. The summed E-state index contributed by atoms with van der Waals surface area (Å²) in [6, 6.07) is 2.12. The minimum Gasteiger partial charge on any atom is -0.443 e. The van der Waals surface area contributed by atoms with E-state index < -0.39 is 23.4 Å². The first kappa shape index (κ1) is 18.2. The molecule has 2 heterocycles. The van der Waals surface area contributed by atoms with Gasteiger partial charge < -0.3 is 9.64 Å². The Morgan fingerprint density at radius 2 is 1.83 bits per heavy atom. The predicted molar refractivity (Wildman–Crippen MR) is 83.7 cm³/mol. The van der Waals surface area contributed by atoms with Crippen LogP contribution in [0.3, 0.4) is 0 Å². The average molecular weight is 346 g/mol. The summed E-state index contributed by atoms with van der Waals surface area (Å²) < 4.78 is 44.5. The Hall–Kier alpha value is -2.19. The first-order valence-electron chi connectivity index (χ1n) is 7.64. The lowest BCUT2D eigenvalue weighted by Gasteiger charge is -2.23. The van der Waals surface area contributed by atoms with E-state index in [1.165, 1.54) is 6.07 Å². The van der Waals surface area contributed by atoms with Gasteiger partial charge in [-0.2, -0.15) is 13.2 Å². The number of nitrogens with zero attached hydrogens (tertiary/aromatic N) is 2. The van der Waals surface area contributed by atoms with Gasteiger partial charge in [-0.25, -0.2) is 15.2 Å². The van der Waals surface area contributed by atoms with Crippen LogP contribution in [0.4, 0.5) is 29.6 Å². The van der Waals surface area contributed by atoms with Crippen LogP contribution in [0.15, 0.2) is 12.1 Å². The molecule has 134 valence electrons. The molecule has 0 aromatic carbocycles. The monoisotopic (exact) mass is 346 g/mol. The number of aromatic nitrogens is 1. The molecule has 0 unspecified atom stereocenters. The molecule has 1 amide bonds. The molecule has 1 aliphatic rings. The number of ether oxygens (including phenoxy) is 1. The Kier molecular flexibility index (Phi) is 5.10. The molecule has 2 rings (SSSR count). The fourth-order valence-corrected chi connectivity index (χ4v) is 2.33. The van der Waals surface area contributed by atoms with Crippen molar-refractivity contribution < 1.29 is 22.7 Å². The Bertz CT molecular complexity index is 593. The van der Waals surface area contributed by atoms with E-state index in [0.29, 0.717) is 13.1 Å². The number of hydrogen-bond donors (Lipinski definition) is 2. The van der Waals surface area contributed by atoms with Gasteiger partial charge in [0.1, 0.15) is 17.2 Å². The van der Waals surface area contributed by atoms with Crippen LogP contribution in [-0.2, 0) is 10.9 Å². The number of carbonyl (C=O) groups excluding carboxylic acids is 1. The highest BCUT2D eigenvalue weighted by molar-refractivity contribution is 5.69. The molecular formula is C15H21F3N4O2. The van der Waals surface area contributed by atoms with Gasteiger partial charge in [0.05, 0.1) is 5.56 Å². The molecule has 0 atom stereocenters. The number of halogens is 3. The fraction of sp³-hybridized carbons (Fsp3) is 0.600. The lowest BCUT2D eigenvalue weighted by Crippen LogP contribution is -2.36. The van der Waals surface area contributed by atoms with Gasteiger partial charge >= 0.3 is 12.3 Å². The highest BCUT2D eigenvalue weighted by atomic mass is 19.4. The molecule has 24 heavy (non-hydrogen) atoms. The number of anilines is 2. The standard InChI is InChI=1S/C15H21F3N4O2/c1-14(2,3)24-13(23)21-20-11-7-6-10(15(16,17)18)12(19-11)22-8-4-5-9-22/h6-7H,4-5,8-9H2,1-3H3,(H,19,20)(H,21,23). The molecule has 0 aliphatic carbocycles. The number of amides is 1. The zero-order valence-corrected chi connectivity index (χ0v) is 13.8. The smallest absolute Gasteiger partial charge is 0.426 e. The first-order valence-corrected chi connectivity index (χ1v) is 7.64. The van der Waals surface area contributed by atoms with Gasteiger partial charge in [-0.3, -0.25) is 5.43 Å². The van der Waals surface area contributed by atoms with Crippen molar-refractivity contribution >= 4 is 17.7 Å². The molecular weight excluding hydrogens is 325 g/mol. The lowest BCUT2D eigenvalue weighted by molar-refractivity contribution is -0.137. The fourth-order valence-electron chi connectivity index (χ4n) is 2.33. The molecule has 9 heteroatoms. The second kappa shape index (κ2) is 6.74. The van der Waals surface area contributed by atoms with Crippen LogP contribution in [0, 0.1) is 0 Å². The summed E-state index contributed by atoms with van der Waals surface area (Å²) in [5, 5.41) is 0. The van der Waals surface area contributed by atoms with E-state index in [9.17, 15) is 18.0 Å². The van der Waals surface area contributed by atoms with Crippen molar-refractivity contribution in [2.75, 3.05) is 23.4 Å². The Morgan fingerprint density at radius 3 is 2.38 bits per heavy atom. The molecule has 0 spiro atoms. The number of pyridine rings is 1. The summed E-state index contributed by atoms with van der Waals surface area (Å²) in [7, 11) is 0. The summed E-state index contributed by atoms with van der Waals surface area (Å²) in [6.45, 7) is 6.16. The van der Waals surface area contributed by atoms with Gasteiger partial charge in [-0.1, -0.05) is 0 Å². The Labute approximate surface area is 138 Å². The van der Waals surface area contributed by atoms with E-state index in [1.54, 1.807) is 25.7 Å². The van der Waals surface area contributed by atoms with Crippen molar-refractivity contribution in [1.82, 2.24) is 10.4 Å². The molecule has 1 saturated heterocycles. The van der Waals surface area contributed by atoms with Crippen molar-refractivity contribution in [2.45, 2.75) is 45.4 Å². The van der Waals surface area contributed by atoms with E-state index in [2.05, 4.69) is 15.8 Å². The zero-order chi connectivity index (χ0) is 18.0. The minimum atomic E-state index is -4.48. The van der Waals surface area contributed by atoms with E-state index in [4.69, 9.17) is 4.74 Å². The van der Waals surface area contributed by atoms with Crippen LogP contribution in [0.25, 0.3) is 0 Å². The van der Waals surface area contributed by atoms with E-state index in [0.717, 1.165) is 18.9 Å². The number of hydrogen-bond acceptors (Lipinski definition) is 5. The van der Waals surface area contributed by atoms with Gasteiger partial charge in [0.2, 0.25) is 0 Å². The quantitative estimate of drug-likeness (QED) is 0.820. The van der Waals surface area contributed by atoms with Gasteiger partial charge in [0.25, 0.3) is 0 Å². The van der Waals surface area contributed by atoms with Gasteiger partial charge in [0, 0.05) is 13.1 Å². The number of carbonyl (C=O) groups is 1. The van der Waals surface area contributed by atoms with Gasteiger partial charge in [0.15, 0.2) is 0 Å². The lowest BCUT2D eigenvalue weighted by atomic mass is 10.2. The molecule has 1 aromatic rings. The predicted octanol–water partition coefficient (Wildman–Crippen LogP) is 3.55. The third-order valence-electron chi connectivity index (χ3n) is 3.28. The van der Waals surface area contributed by atoms with E-state index >= 15 is 0 Å². The molecule has 1 fully saturated rings. The highest BCUT2D eigenvalue weighted by Gasteiger charge is 2.36. The molecule has 1 aromatic heterocycles. The molecule has 0 bridgehead atoms. The molecule has 6 nitrogen and oxygen atoms in total. The maximum Gasteiger partial charge on any atom is 0.426 e. The van der Waals surface area contributed by atoms with E-state index in [1.807, 2.05) is 0 Å². The third kappa shape index (κ3) is 4.90. The maximum absolute atomic E-state index is 13.2. The highest BCUT2D eigenvalue weighted by Crippen LogP contribution is 2.37. The summed E-state index contributed by atoms with van der Waals surface area (Å²) in [6.07, 6.45) is -3.58. The average Bonchev–Trinajstić information content (AvgIpc) is 2.96. The van der Waals surface area contributed by atoms with Crippen molar-refractivity contribution in [2.24, 2.45) is 0 Å². The molecule has 1 aliphatic heterocycles. The van der Waals surface area contributed by atoms with Crippen LogP contribution in [0.5, 0.6) is 0 Å². The topological polar surface area (TPSA) is 66.5 Å². The Balaban J connectivity index is 2.14. The molecule has 0 saturated carbocycles. The minimum absolute atomic E-state index is 0.107. The summed E-state index contributed by atoms with van der Waals surface area (Å²) in [5.74, 6) is -0.0215. The van der Waals surface area contributed by atoms with Crippen molar-refractivity contribution in [1.29, 1.82) is 0 Å². The van der Waals surface area contributed by atoms with Gasteiger partial charge in [-0.05, 0) is 45.7 Å². The molecule has 0 radical (unpaired) electrons. The second-order valence-corrected chi connectivity index (χ2v) is 6.51. The van der Waals surface area contributed by atoms with E-state index in [-0.39, 0.29) is 11.6 Å². The summed E-state index contributed by atoms with van der Waals surface area (Å²) in [4.78, 5) is 17.2. The largest absolute Gasteiger partial charge is 0.443 e. The van der Waals surface area contributed by atoms with Crippen LogP contribution in [-0.4, -0.2) is 29.8 Å². The van der Waals surface area contributed by atoms with Crippen LogP contribution in [0.2, 0.25) is 0 Å². The van der Waals surface area contributed by atoms with Crippen LogP contribution in [0.1, 0.15) is 39.2 Å². The third-order valence-corrected chi connectivity index (χ3v) is 3.28. The van der Waals surface area contributed by atoms with Gasteiger partial charge in [-0.15, -0.1) is 0 Å². The number of hydrazine groups is 1. The zero-order valence-electron chi connectivity index (χ0n) is 13.8. The van der Waals surface area contributed by atoms with Crippen LogP contribution < -0.4 is 15.8 Å². The summed E-state index contributed by atoms with van der Waals surface area (Å²) in [5.41, 5.74) is 3.27. The SMILES string of the molecule is CC(C)(C)OC(=O)NNc1ccc(C(F)(F)F)c(N2CCCC2)n1. The first-order chi connectivity index (χ1) is 11.1. The summed E-state index contributed by atoms with van der Waals surface area (Å²) >= 11 is 0. The van der Waals surface area contributed by atoms with Crippen molar-refractivity contribution in [3.8, 4) is 0 Å². The Morgan fingerprint density at radius 1 is 1.21 bits per heavy atom. The number of rotatable bonds is 3. The van der Waals surface area contributed by atoms with Crippen molar-refractivity contribution in [3.05, 3.63) is 17.7 Å².